The van der Waals surface area contributed by atoms with Crippen LogP contribution in [0.3, 0.4) is 0 Å². The molecule has 1 aliphatic heterocycles. The van der Waals surface area contributed by atoms with Crippen molar-refractivity contribution in [3.05, 3.63) is 92.4 Å². The Morgan fingerprint density at radius 3 is 2.53 bits per heavy atom. The van der Waals surface area contributed by atoms with Gasteiger partial charge in [0.05, 0.1) is 15.7 Å². The van der Waals surface area contributed by atoms with E-state index in [2.05, 4.69) is 26.6 Å². The van der Waals surface area contributed by atoms with Crippen molar-refractivity contribution in [1.82, 2.24) is 5.32 Å². The van der Waals surface area contributed by atoms with Crippen LogP contribution in [0, 0.1) is 0 Å². The summed E-state index contributed by atoms with van der Waals surface area (Å²) in [6.45, 7) is -0.335. The van der Waals surface area contributed by atoms with Crippen LogP contribution in [0.5, 0.6) is 5.75 Å². The molecule has 1 heterocycles. The second-order valence-corrected chi connectivity index (χ2v) is 9.56. The summed E-state index contributed by atoms with van der Waals surface area (Å²) in [5.41, 5.74) is 1.24. The van der Waals surface area contributed by atoms with Crippen LogP contribution >= 0.6 is 51.3 Å². The number of ether oxygens (including phenoxy) is 1. The van der Waals surface area contributed by atoms with Gasteiger partial charge in [0.2, 0.25) is 0 Å². The van der Waals surface area contributed by atoms with Gasteiger partial charge in [-0.2, -0.15) is 0 Å². The molecule has 0 aliphatic carbocycles. The number of nitrogens with zero attached hydrogens (tertiary/aromatic N) is 1. The zero-order valence-corrected chi connectivity index (χ0v) is 22.2. The van der Waals surface area contributed by atoms with Gasteiger partial charge in [0.15, 0.2) is 11.7 Å². The second kappa shape index (κ2) is 11.2. The fourth-order valence-electron chi connectivity index (χ4n) is 3.30. The summed E-state index contributed by atoms with van der Waals surface area (Å²) in [6.07, 6.45) is 1.40. The monoisotopic (exact) mass is 603 g/mol. The Kier molecular flexibility index (Phi) is 8.05. The number of hydrogen-bond acceptors (Lipinski definition) is 5. The van der Waals surface area contributed by atoms with Crippen molar-refractivity contribution < 1.29 is 19.1 Å². The molecule has 4 rings (SSSR count). The molecule has 0 unspecified atom stereocenters. The number of carbonyl (C=O) groups excluding carboxylic acids is 3. The van der Waals surface area contributed by atoms with Crippen LogP contribution in [0.15, 0.2) is 76.8 Å². The minimum atomic E-state index is -0.638. The third kappa shape index (κ3) is 5.93. The summed E-state index contributed by atoms with van der Waals surface area (Å²) in [6, 6.07) is 18.4. The van der Waals surface area contributed by atoms with Crippen molar-refractivity contribution in [2.24, 2.45) is 0 Å². The molecule has 7 nitrogen and oxygen atoms in total. The fourth-order valence-corrected chi connectivity index (χ4v) is 4.26. The highest BCUT2D eigenvalue weighted by atomic mass is 79.9. The van der Waals surface area contributed by atoms with Gasteiger partial charge in [0, 0.05) is 15.7 Å². The van der Waals surface area contributed by atoms with E-state index in [4.69, 9.17) is 40.2 Å². The van der Waals surface area contributed by atoms with Gasteiger partial charge in [0.25, 0.3) is 17.7 Å². The SMILES string of the molecule is O=C(COc1ccc(Br)cc1/C=C1/C(=O)NC(=S)N(c2ccccc2)C1=O)Nc1ccc(Cl)c(Cl)c1. The molecule has 0 aromatic heterocycles. The van der Waals surface area contributed by atoms with E-state index in [0.29, 0.717) is 31.5 Å². The molecule has 0 atom stereocenters. The number of para-hydroxylation sites is 1. The fraction of sp³-hybridized carbons (Fsp3) is 0.0400. The minimum Gasteiger partial charge on any atom is -0.483 e. The molecule has 182 valence electrons. The first-order chi connectivity index (χ1) is 17.2. The number of amides is 3. The molecule has 11 heteroatoms. The van der Waals surface area contributed by atoms with Crippen molar-refractivity contribution in [3.8, 4) is 5.75 Å². The Morgan fingerprint density at radius 1 is 1.06 bits per heavy atom. The molecule has 36 heavy (non-hydrogen) atoms. The largest absolute Gasteiger partial charge is 0.483 e. The van der Waals surface area contributed by atoms with Gasteiger partial charge in [0.1, 0.15) is 11.3 Å². The van der Waals surface area contributed by atoms with Crippen molar-refractivity contribution in [2.75, 3.05) is 16.8 Å². The Balaban J connectivity index is 1.56. The molecule has 1 fully saturated rings. The number of hydrogen-bond donors (Lipinski definition) is 2. The standard InChI is InChI=1S/C25H16BrCl2N3O4S/c26-15-6-9-21(35-13-22(32)29-16-7-8-19(27)20(28)12-16)14(10-15)11-18-23(33)30-25(36)31(24(18)34)17-4-2-1-3-5-17/h1-12H,13H2,(H,29,32)(H,30,33,36)/b18-11-. The number of thiocarbonyl (C=S) groups is 1. The van der Waals surface area contributed by atoms with E-state index in [1.54, 1.807) is 60.7 Å². The van der Waals surface area contributed by atoms with E-state index in [1.165, 1.54) is 17.0 Å². The average molecular weight is 605 g/mol. The average Bonchev–Trinajstić information content (AvgIpc) is 2.84. The van der Waals surface area contributed by atoms with Gasteiger partial charge in [-0.05, 0) is 66.8 Å². The second-order valence-electron chi connectivity index (χ2n) is 7.44. The van der Waals surface area contributed by atoms with Crippen molar-refractivity contribution in [1.29, 1.82) is 0 Å². The summed E-state index contributed by atoms with van der Waals surface area (Å²) in [5, 5.41) is 5.86. The Hall–Kier alpha value is -3.24. The molecule has 3 amide bonds. The maximum absolute atomic E-state index is 13.2. The van der Waals surface area contributed by atoms with E-state index in [-0.39, 0.29) is 23.0 Å². The molecule has 0 spiro atoms. The number of carbonyl (C=O) groups is 3. The van der Waals surface area contributed by atoms with Gasteiger partial charge < -0.3 is 10.1 Å². The Labute approximate surface area is 230 Å². The lowest BCUT2D eigenvalue weighted by atomic mass is 10.1. The van der Waals surface area contributed by atoms with Gasteiger partial charge in [-0.15, -0.1) is 0 Å². The highest BCUT2D eigenvalue weighted by Gasteiger charge is 2.34. The lowest BCUT2D eigenvalue weighted by Gasteiger charge is -2.29. The van der Waals surface area contributed by atoms with E-state index in [0.717, 1.165) is 0 Å². The van der Waals surface area contributed by atoms with Crippen molar-refractivity contribution in [3.63, 3.8) is 0 Å². The molecule has 1 aliphatic rings. The predicted molar refractivity (Wildman–Crippen MR) is 147 cm³/mol. The van der Waals surface area contributed by atoms with E-state index < -0.39 is 17.7 Å². The lowest BCUT2D eigenvalue weighted by molar-refractivity contribution is -0.122. The van der Waals surface area contributed by atoms with Crippen LogP contribution in [-0.2, 0) is 14.4 Å². The van der Waals surface area contributed by atoms with Crippen LogP contribution < -0.4 is 20.3 Å². The highest BCUT2D eigenvalue weighted by molar-refractivity contribution is 9.10. The predicted octanol–water partition coefficient (Wildman–Crippen LogP) is 5.60. The molecule has 2 N–H and O–H groups in total. The van der Waals surface area contributed by atoms with Gasteiger partial charge >= 0.3 is 0 Å². The van der Waals surface area contributed by atoms with E-state index >= 15 is 0 Å². The van der Waals surface area contributed by atoms with Gasteiger partial charge in [-0.1, -0.05) is 57.3 Å². The summed E-state index contributed by atoms with van der Waals surface area (Å²) in [7, 11) is 0. The molecular formula is C25H16BrCl2N3O4S. The summed E-state index contributed by atoms with van der Waals surface area (Å²) < 4.78 is 6.39. The quantitative estimate of drug-likeness (QED) is 0.217. The summed E-state index contributed by atoms with van der Waals surface area (Å²) in [5.74, 6) is -1.38. The zero-order valence-electron chi connectivity index (χ0n) is 18.3. The van der Waals surface area contributed by atoms with Gasteiger partial charge in [-0.3, -0.25) is 24.6 Å². The van der Waals surface area contributed by atoms with E-state index in [9.17, 15) is 14.4 Å². The number of halogens is 3. The molecule has 1 saturated heterocycles. The third-order valence-electron chi connectivity index (χ3n) is 4.95. The third-order valence-corrected chi connectivity index (χ3v) is 6.47. The van der Waals surface area contributed by atoms with Crippen LogP contribution in [0.25, 0.3) is 6.08 Å². The number of benzene rings is 3. The molecule has 0 bridgehead atoms. The molecule has 0 saturated carbocycles. The molecular weight excluding hydrogens is 589 g/mol. The number of anilines is 2. The zero-order chi connectivity index (χ0) is 25.8. The maximum atomic E-state index is 13.2. The van der Waals surface area contributed by atoms with Crippen LogP contribution in [0.2, 0.25) is 10.0 Å². The summed E-state index contributed by atoms with van der Waals surface area (Å²) in [4.78, 5) is 39.6. The minimum absolute atomic E-state index is 0.0157. The first-order valence-corrected chi connectivity index (χ1v) is 12.3. The lowest BCUT2D eigenvalue weighted by Crippen LogP contribution is -2.54. The van der Waals surface area contributed by atoms with E-state index in [1.807, 2.05) is 0 Å². The molecule has 3 aromatic carbocycles. The molecule has 0 radical (unpaired) electrons. The highest BCUT2D eigenvalue weighted by Crippen LogP contribution is 2.29. The molecule has 3 aromatic rings. The van der Waals surface area contributed by atoms with Crippen molar-refractivity contribution in [2.45, 2.75) is 0 Å². The van der Waals surface area contributed by atoms with Crippen LogP contribution in [-0.4, -0.2) is 29.4 Å². The van der Waals surface area contributed by atoms with Gasteiger partial charge in [-0.25, -0.2) is 0 Å². The maximum Gasteiger partial charge on any atom is 0.270 e. The topological polar surface area (TPSA) is 87.7 Å². The van der Waals surface area contributed by atoms with Crippen LogP contribution in [0.4, 0.5) is 11.4 Å². The Morgan fingerprint density at radius 2 is 1.81 bits per heavy atom. The summed E-state index contributed by atoms with van der Waals surface area (Å²) >= 11 is 20.5. The normalized spacial score (nSPS) is 14.6. The number of nitrogens with one attached hydrogen (secondary N) is 2. The smallest absolute Gasteiger partial charge is 0.270 e. The van der Waals surface area contributed by atoms with Crippen molar-refractivity contribution >= 4 is 91.6 Å². The first kappa shape index (κ1) is 25.8. The van der Waals surface area contributed by atoms with Crippen LogP contribution in [0.1, 0.15) is 5.56 Å². The Bertz CT molecular complexity index is 1420. The first-order valence-electron chi connectivity index (χ1n) is 10.4. The number of rotatable bonds is 6.